The van der Waals surface area contributed by atoms with Crippen molar-refractivity contribution < 1.29 is 22.3 Å². The van der Waals surface area contributed by atoms with Gasteiger partial charge in [-0.2, -0.15) is 4.31 Å². The number of hydrogen-bond donors (Lipinski definition) is 0. The van der Waals surface area contributed by atoms with Gasteiger partial charge in [0.2, 0.25) is 10.0 Å². The Morgan fingerprint density at radius 3 is 2.55 bits per heavy atom. The Bertz CT molecular complexity index is 1180. The Kier molecular flexibility index (Phi) is 6.36. The molecule has 0 N–H and O–H groups in total. The van der Waals surface area contributed by atoms with Crippen LogP contribution in [0.5, 0.6) is 5.75 Å². The average Bonchev–Trinajstić information content (AvgIpc) is 2.96. The summed E-state index contributed by atoms with van der Waals surface area (Å²) in [5.74, 6) is 0.383. The standard InChI is InChI=1S/C24H24FNO4S/c1-18-4-2-7-23(12-18)31(27,28)26-10-11-30-24-9-8-20(13-21(24)15-26)17-29-16-19-5-3-6-22(25)14-19/h2-9,12-14H,10-11,15-17H2,1H3. The number of aryl methyl sites for hydroxylation is 1. The number of sulfonamides is 1. The predicted molar refractivity (Wildman–Crippen MR) is 116 cm³/mol. The van der Waals surface area contributed by atoms with Crippen LogP contribution in [0.1, 0.15) is 22.3 Å². The molecule has 162 valence electrons. The van der Waals surface area contributed by atoms with E-state index in [9.17, 15) is 12.8 Å². The second kappa shape index (κ2) is 9.18. The summed E-state index contributed by atoms with van der Waals surface area (Å²) in [6, 6.07) is 18.9. The van der Waals surface area contributed by atoms with Crippen LogP contribution in [0.25, 0.3) is 0 Å². The fourth-order valence-electron chi connectivity index (χ4n) is 3.56. The number of nitrogens with zero attached hydrogens (tertiary/aromatic N) is 1. The fourth-order valence-corrected chi connectivity index (χ4v) is 5.06. The van der Waals surface area contributed by atoms with Crippen LogP contribution in [0.4, 0.5) is 4.39 Å². The van der Waals surface area contributed by atoms with Gasteiger partial charge in [-0.25, -0.2) is 12.8 Å². The van der Waals surface area contributed by atoms with Crippen LogP contribution in [-0.4, -0.2) is 25.9 Å². The van der Waals surface area contributed by atoms with Crippen molar-refractivity contribution in [2.45, 2.75) is 31.6 Å². The van der Waals surface area contributed by atoms with Gasteiger partial charge in [0, 0.05) is 18.7 Å². The van der Waals surface area contributed by atoms with Crippen LogP contribution < -0.4 is 4.74 Å². The molecule has 5 nitrogen and oxygen atoms in total. The molecule has 1 heterocycles. The van der Waals surface area contributed by atoms with Crippen molar-refractivity contribution in [3.05, 3.63) is 94.8 Å². The molecule has 0 bridgehead atoms. The largest absolute Gasteiger partial charge is 0.492 e. The lowest BCUT2D eigenvalue weighted by Gasteiger charge is -2.20. The highest BCUT2D eigenvalue weighted by Gasteiger charge is 2.27. The molecule has 31 heavy (non-hydrogen) atoms. The van der Waals surface area contributed by atoms with Gasteiger partial charge in [0.25, 0.3) is 0 Å². The number of rotatable bonds is 6. The Morgan fingerprint density at radius 2 is 1.77 bits per heavy atom. The molecule has 4 rings (SSSR count). The third-order valence-corrected chi connectivity index (χ3v) is 6.96. The molecular formula is C24H24FNO4S. The molecule has 0 amide bonds. The molecular weight excluding hydrogens is 417 g/mol. The third-order valence-electron chi connectivity index (χ3n) is 5.12. The van der Waals surface area contributed by atoms with Crippen molar-refractivity contribution in [3.8, 4) is 5.75 Å². The van der Waals surface area contributed by atoms with Gasteiger partial charge in [0.1, 0.15) is 18.2 Å². The lowest BCUT2D eigenvalue weighted by Crippen LogP contribution is -2.32. The quantitative estimate of drug-likeness (QED) is 0.568. The first-order valence-electron chi connectivity index (χ1n) is 10.1. The molecule has 1 aliphatic rings. The van der Waals surface area contributed by atoms with E-state index >= 15 is 0 Å². The summed E-state index contributed by atoms with van der Waals surface area (Å²) in [5.41, 5.74) is 3.34. The van der Waals surface area contributed by atoms with Gasteiger partial charge in [0.15, 0.2) is 0 Å². The fraction of sp³-hybridized carbons (Fsp3) is 0.250. The van der Waals surface area contributed by atoms with Crippen molar-refractivity contribution in [2.75, 3.05) is 13.2 Å². The first-order chi connectivity index (χ1) is 14.9. The van der Waals surface area contributed by atoms with Crippen molar-refractivity contribution in [2.24, 2.45) is 0 Å². The zero-order valence-electron chi connectivity index (χ0n) is 17.3. The zero-order chi connectivity index (χ0) is 21.8. The van der Waals surface area contributed by atoms with Crippen LogP contribution in [0.3, 0.4) is 0 Å². The first-order valence-corrected chi connectivity index (χ1v) is 11.5. The Hall–Kier alpha value is -2.74. The molecule has 3 aromatic carbocycles. The molecule has 0 unspecified atom stereocenters. The molecule has 1 aliphatic heterocycles. The van der Waals surface area contributed by atoms with Gasteiger partial charge >= 0.3 is 0 Å². The van der Waals surface area contributed by atoms with Crippen LogP contribution in [0, 0.1) is 12.7 Å². The third kappa shape index (κ3) is 5.12. The molecule has 7 heteroatoms. The summed E-state index contributed by atoms with van der Waals surface area (Å²) in [6.45, 7) is 3.27. The molecule has 0 radical (unpaired) electrons. The molecule has 0 saturated heterocycles. The van der Waals surface area contributed by atoms with E-state index in [0.29, 0.717) is 19.0 Å². The summed E-state index contributed by atoms with van der Waals surface area (Å²) in [7, 11) is -3.63. The molecule has 0 atom stereocenters. The minimum absolute atomic E-state index is 0.226. The van der Waals surface area contributed by atoms with E-state index in [1.54, 1.807) is 24.3 Å². The lowest BCUT2D eigenvalue weighted by atomic mass is 10.1. The number of ether oxygens (including phenoxy) is 2. The Labute approximate surface area is 182 Å². The second-order valence-electron chi connectivity index (χ2n) is 7.57. The van der Waals surface area contributed by atoms with Gasteiger partial charge < -0.3 is 9.47 Å². The molecule has 3 aromatic rings. The predicted octanol–water partition coefficient (Wildman–Crippen LogP) is 4.43. The molecule has 0 spiro atoms. The van der Waals surface area contributed by atoms with Gasteiger partial charge in [0.05, 0.1) is 18.1 Å². The zero-order valence-corrected chi connectivity index (χ0v) is 18.1. The van der Waals surface area contributed by atoms with Crippen LogP contribution in [0.15, 0.2) is 71.6 Å². The number of halogens is 1. The van der Waals surface area contributed by atoms with Crippen molar-refractivity contribution in [1.82, 2.24) is 4.31 Å². The molecule has 0 saturated carbocycles. The van der Waals surface area contributed by atoms with Gasteiger partial charge in [-0.15, -0.1) is 0 Å². The summed E-state index contributed by atoms with van der Waals surface area (Å²) < 4.78 is 52.6. The van der Waals surface area contributed by atoms with E-state index in [1.165, 1.54) is 16.4 Å². The van der Waals surface area contributed by atoms with E-state index < -0.39 is 10.0 Å². The summed E-state index contributed by atoms with van der Waals surface area (Å²) in [4.78, 5) is 0.283. The highest BCUT2D eigenvalue weighted by molar-refractivity contribution is 7.89. The number of fused-ring (bicyclic) bond motifs is 1. The highest BCUT2D eigenvalue weighted by Crippen LogP contribution is 2.28. The van der Waals surface area contributed by atoms with E-state index in [2.05, 4.69) is 0 Å². The molecule has 0 fully saturated rings. The topological polar surface area (TPSA) is 55.8 Å². The summed E-state index contributed by atoms with van der Waals surface area (Å²) in [5, 5.41) is 0. The maximum atomic E-state index is 13.3. The maximum Gasteiger partial charge on any atom is 0.243 e. The lowest BCUT2D eigenvalue weighted by molar-refractivity contribution is 0.107. The average molecular weight is 442 g/mol. The molecule has 0 aliphatic carbocycles. The van der Waals surface area contributed by atoms with Crippen LogP contribution >= 0.6 is 0 Å². The Balaban J connectivity index is 1.49. The van der Waals surface area contributed by atoms with Crippen molar-refractivity contribution >= 4 is 10.0 Å². The smallest absolute Gasteiger partial charge is 0.243 e. The highest BCUT2D eigenvalue weighted by atomic mass is 32.2. The summed E-state index contributed by atoms with van der Waals surface area (Å²) >= 11 is 0. The van der Waals surface area contributed by atoms with E-state index in [4.69, 9.17) is 9.47 Å². The van der Waals surface area contributed by atoms with Gasteiger partial charge in [-0.3, -0.25) is 0 Å². The van der Waals surface area contributed by atoms with E-state index in [-0.39, 0.29) is 30.4 Å². The number of hydrogen-bond acceptors (Lipinski definition) is 4. The van der Waals surface area contributed by atoms with Gasteiger partial charge in [-0.05, 0) is 60.0 Å². The minimum Gasteiger partial charge on any atom is -0.492 e. The minimum atomic E-state index is -3.63. The second-order valence-corrected chi connectivity index (χ2v) is 9.51. The maximum absolute atomic E-state index is 13.3. The van der Waals surface area contributed by atoms with E-state index in [0.717, 1.165) is 22.3 Å². The summed E-state index contributed by atoms with van der Waals surface area (Å²) in [6.07, 6.45) is 0. The van der Waals surface area contributed by atoms with Crippen LogP contribution in [-0.2, 0) is 34.5 Å². The van der Waals surface area contributed by atoms with Crippen molar-refractivity contribution in [3.63, 3.8) is 0 Å². The molecule has 0 aromatic heterocycles. The Morgan fingerprint density at radius 1 is 1.00 bits per heavy atom. The van der Waals surface area contributed by atoms with Gasteiger partial charge in [-0.1, -0.05) is 30.3 Å². The first kappa shape index (κ1) is 21.5. The normalized spacial score (nSPS) is 14.5. The number of benzene rings is 3. The monoisotopic (exact) mass is 441 g/mol. The van der Waals surface area contributed by atoms with E-state index in [1.807, 2.05) is 37.3 Å². The SMILES string of the molecule is Cc1cccc(S(=O)(=O)N2CCOc3ccc(COCc4cccc(F)c4)cc3C2)c1. The van der Waals surface area contributed by atoms with Crippen LogP contribution in [0.2, 0.25) is 0 Å². The van der Waals surface area contributed by atoms with Crippen molar-refractivity contribution in [1.29, 1.82) is 0 Å².